The van der Waals surface area contributed by atoms with Crippen molar-refractivity contribution in [1.29, 1.82) is 0 Å². The van der Waals surface area contributed by atoms with Crippen molar-refractivity contribution < 1.29 is 27.5 Å². The van der Waals surface area contributed by atoms with Crippen LogP contribution < -0.4 is 5.32 Å². The van der Waals surface area contributed by atoms with Gasteiger partial charge >= 0.3 is 12.1 Å². The number of esters is 1. The first-order chi connectivity index (χ1) is 29.7. The third-order valence-electron chi connectivity index (χ3n) is 20.0. The number of likely N-dealkylation sites (tertiary alicyclic amines) is 1. The van der Waals surface area contributed by atoms with Crippen LogP contribution in [0.25, 0.3) is 0 Å². The highest BCUT2D eigenvalue weighted by Crippen LogP contribution is 2.76. The Morgan fingerprint density at radius 2 is 1.57 bits per heavy atom. The molecule has 0 amide bonds. The van der Waals surface area contributed by atoms with E-state index >= 15 is 0 Å². The van der Waals surface area contributed by atoms with Crippen LogP contribution in [0.15, 0.2) is 65.8 Å². The number of rotatable bonds is 11. The molecule has 8 nitrogen and oxygen atoms in total. The Bertz CT molecular complexity index is 2060. The molecule has 1 heterocycles. The van der Waals surface area contributed by atoms with Crippen molar-refractivity contribution >= 4 is 22.0 Å². The smallest absolute Gasteiger partial charge is 0.373 e. The molecule has 0 aromatic heterocycles. The summed E-state index contributed by atoms with van der Waals surface area (Å²) < 4.78 is 30.4. The van der Waals surface area contributed by atoms with Crippen LogP contribution >= 0.6 is 0 Å². The molecule has 1 saturated heterocycles. The molecular weight excluding hydrogens is 805 g/mol. The first kappa shape index (κ1) is 48.1. The lowest BCUT2D eigenvalue weighted by Gasteiger charge is -2.72. The molecule has 9 heteroatoms. The van der Waals surface area contributed by atoms with E-state index in [4.69, 9.17) is 14.3 Å². The van der Waals surface area contributed by atoms with E-state index < -0.39 is 9.84 Å². The first-order valence-electron chi connectivity index (χ1n) is 24.7. The van der Waals surface area contributed by atoms with Gasteiger partial charge in [-0.1, -0.05) is 84.0 Å². The van der Waals surface area contributed by atoms with Crippen LogP contribution in [-0.2, 0) is 24.2 Å². The summed E-state index contributed by atoms with van der Waals surface area (Å²) in [7, 11) is -2.95. The van der Waals surface area contributed by atoms with Crippen molar-refractivity contribution in [1.82, 2.24) is 10.2 Å². The standard InChI is InChI=1S/C53H80N2O4S.CO2/c1-10-52(36-59-47(56)39-14-12-11-13-15-39)27-18-38(19-28-52)42-21-25-49(6)44(48(42,4)5)22-26-51(8)45(49)17-16-43-46-41(37(2)3)20-29-53(46,31-30-50(43,51)7)54-32-35-55-33-23-40(24-34-55)60(9,57)58;2-1-3/h11-15,18,21,40-41,43-46,54H,2,10,16-17,19-20,22-36H2,1,3-9H3;/t41-,43+,44-,45+,46+,49-,50+,51+,52?,53-;/m0./s1. The minimum absolute atomic E-state index is 0.0111. The molecular formula is C54H80N2O6S. The lowest BCUT2D eigenvalue weighted by molar-refractivity contribution is -0.221. The fourth-order valence-corrected chi connectivity index (χ4v) is 17.3. The number of nitrogens with zero attached hydrogens (tertiary/aromatic N) is 1. The molecule has 0 bridgehead atoms. The number of fused-ring (bicyclic) bond motifs is 7. The quantitative estimate of drug-likeness (QED) is 0.173. The van der Waals surface area contributed by atoms with Gasteiger partial charge in [0.2, 0.25) is 0 Å². The van der Waals surface area contributed by atoms with Crippen molar-refractivity contribution in [3.05, 3.63) is 71.3 Å². The maximum absolute atomic E-state index is 12.9. The van der Waals surface area contributed by atoms with Crippen LogP contribution in [0.1, 0.15) is 155 Å². The third kappa shape index (κ3) is 8.57. The highest BCUT2D eigenvalue weighted by atomic mass is 32.2. The van der Waals surface area contributed by atoms with Gasteiger partial charge in [0.05, 0.1) is 17.4 Å². The summed E-state index contributed by atoms with van der Waals surface area (Å²) in [6.07, 6.45) is 24.2. The van der Waals surface area contributed by atoms with Crippen molar-refractivity contribution in [2.24, 2.45) is 56.7 Å². The van der Waals surface area contributed by atoms with Gasteiger partial charge in [0.1, 0.15) is 9.84 Å². The Morgan fingerprint density at radius 3 is 2.19 bits per heavy atom. The lowest BCUT2D eigenvalue weighted by Crippen LogP contribution is -2.68. The second-order valence-electron chi connectivity index (χ2n) is 23.0. The van der Waals surface area contributed by atoms with Crippen molar-refractivity contribution in [3.63, 3.8) is 0 Å². The molecule has 8 rings (SSSR count). The van der Waals surface area contributed by atoms with Crippen molar-refractivity contribution in [2.45, 2.75) is 156 Å². The molecule has 5 fully saturated rings. The number of allylic oxidation sites excluding steroid dienone is 5. The van der Waals surface area contributed by atoms with Crippen molar-refractivity contribution in [3.8, 4) is 0 Å². The Morgan fingerprint density at radius 1 is 0.873 bits per heavy atom. The zero-order valence-corrected chi connectivity index (χ0v) is 41.0. The molecule has 1 N–H and O–H groups in total. The Labute approximate surface area is 380 Å². The predicted molar refractivity (Wildman–Crippen MR) is 251 cm³/mol. The number of hydrogen-bond acceptors (Lipinski definition) is 8. The number of hydrogen-bond donors (Lipinski definition) is 1. The van der Waals surface area contributed by atoms with Gasteiger partial charge in [0.25, 0.3) is 0 Å². The normalized spacial score (nSPS) is 38.8. The average Bonchev–Trinajstić information content (AvgIpc) is 3.64. The maximum Gasteiger partial charge on any atom is 0.373 e. The Hall–Kier alpha value is -2.84. The maximum atomic E-state index is 12.9. The summed E-state index contributed by atoms with van der Waals surface area (Å²) >= 11 is 0. The second-order valence-corrected chi connectivity index (χ2v) is 25.3. The molecule has 4 saturated carbocycles. The topological polar surface area (TPSA) is 110 Å². The molecule has 0 radical (unpaired) electrons. The summed E-state index contributed by atoms with van der Waals surface area (Å²) in [5.41, 5.74) is 6.41. The summed E-state index contributed by atoms with van der Waals surface area (Å²) in [6.45, 7) is 26.9. The van der Waals surface area contributed by atoms with Crippen molar-refractivity contribution in [2.75, 3.05) is 39.0 Å². The number of benzene rings is 1. The van der Waals surface area contributed by atoms with E-state index in [0.29, 0.717) is 46.7 Å². The monoisotopic (exact) mass is 885 g/mol. The van der Waals surface area contributed by atoms with Gasteiger partial charge < -0.3 is 15.0 Å². The molecule has 1 aliphatic heterocycles. The minimum Gasteiger partial charge on any atom is -0.461 e. The Kier molecular flexibility index (Phi) is 13.8. The van der Waals surface area contributed by atoms with Crippen LogP contribution in [0.2, 0.25) is 0 Å². The van der Waals surface area contributed by atoms with Crippen LogP contribution in [0.5, 0.6) is 0 Å². The molecule has 7 aliphatic rings. The summed E-state index contributed by atoms with van der Waals surface area (Å²) in [5.74, 6) is 3.10. The van der Waals surface area contributed by atoms with Gasteiger partial charge in [-0.2, -0.15) is 9.59 Å². The van der Waals surface area contributed by atoms with Crippen LogP contribution in [0.4, 0.5) is 0 Å². The average molecular weight is 885 g/mol. The molecule has 348 valence electrons. The Balaban J connectivity index is 0.00000193. The number of piperidine rings is 1. The van der Waals surface area contributed by atoms with Gasteiger partial charge in [-0.3, -0.25) is 0 Å². The molecule has 1 unspecified atom stereocenters. The van der Waals surface area contributed by atoms with E-state index in [-0.39, 0.29) is 39.2 Å². The number of carbonyl (C=O) groups excluding carboxylic acids is 3. The van der Waals surface area contributed by atoms with Crippen LogP contribution in [0, 0.1) is 56.7 Å². The van der Waals surface area contributed by atoms with Gasteiger partial charge in [-0.25, -0.2) is 13.2 Å². The highest BCUT2D eigenvalue weighted by molar-refractivity contribution is 7.91. The predicted octanol–water partition coefficient (Wildman–Crippen LogP) is 10.8. The van der Waals surface area contributed by atoms with Crippen LogP contribution in [-0.4, -0.2) is 75.3 Å². The fourth-order valence-electron chi connectivity index (χ4n) is 16.2. The molecule has 10 atom stereocenters. The minimum atomic E-state index is -2.95. The molecule has 1 aromatic rings. The number of nitrogens with one attached hydrogen (secondary N) is 1. The largest absolute Gasteiger partial charge is 0.461 e. The van der Waals surface area contributed by atoms with Crippen LogP contribution in [0.3, 0.4) is 0 Å². The third-order valence-corrected chi connectivity index (χ3v) is 21.7. The molecule has 63 heavy (non-hydrogen) atoms. The van der Waals surface area contributed by atoms with E-state index in [9.17, 15) is 13.2 Å². The van der Waals surface area contributed by atoms with Gasteiger partial charge in [-0.05, 0) is 191 Å². The zero-order chi connectivity index (χ0) is 45.6. The fraction of sp³-hybridized carbons (Fsp3) is 0.741. The summed E-state index contributed by atoms with van der Waals surface area (Å²) in [6, 6.07) is 9.43. The van der Waals surface area contributed by atoms with E-state index in [1.807, 2.05) is 30.3 Å². The van der Waals surface area contributed by atoms with Gasteiger partial charge in [-0.15, -0.1) is 0 Å². The lowest BCUT2D eigenvalue weighted by atomic mass is 9.33. The highest BCUT2D eigenvalue weighted by Gasteiger charge is 2.70. The molecule has 0 spiro atoms. The van der Waals surface area contributed by atoms with E-state index in [1.165, 1.54) is 69.6 Å². The number of carbonyl (C=O) groups is 1. The number of sulfone groups is 1. The SMILES string of the molecule is C=C(C)[C@@H]1CC[C@]2(NCCN3CCC(S(C)(=O)=O)CC3)CC[C@]3(C)[C@H](CC[C@@H]4[C@@]5(C)CC=C(C6=CCC(CC)(COC(=O)c7ccccc7)CC6)C(C)(C)[C@@H]5CC[C@]43C)[C@@H]12.O=C=O. The zero-order valence-electron chi connectivity index (χ0n) is 40.2. The second kappa shape index (κ2) is 18.1. The summed E-state index contributed by atoms with van der Waals surface area (Å²) in [5, 5.41) is 4.13. The number of ether oxygens (including phenoxy) is 1. The van der Waals surface area contributed by atoms with Gasteiger partial charge in [0, 0.05) is 30.3 Å². The van der Waals surface area contributed by atoms with E-state index in [0.717, 1.165) is 70.6 Å². The van der Waals surface area contributed by atoms with Gasteiger partial charge in [0.15, 0.2) is 0 Å². The molecule has 1 aromatic carbocycles. The molecule has 6 aliphatic carbocycles. The van der Waals surface area contributed by atoms with E-state index in [1.54, 1.807) is 11.1 Å². The van der Waals surface area contributed by atoms with E-state index in [2.05, 4.69) is 77.4 Å². The summed E-state index contributed by atoms with van der Waals surface area (Å²) in [4.78, 5) is 31.6. The first-order valence-corrected chi connectivity index (χ1v) is 26.6.